The Morgan fingerprint density at radius 2 is 1.20 bits per heavy atom. The summed E-state index contributed by atoms with van der Waals surface area (Å²) in [6.45, 7) is 2.73. The van der Waals surface area contributed by atoms with Crippen LogP contribution < -0.4 is 0 Å². The lowest BCUT2D eigenvalue weighted by molar-refractivity contribution is -0.157. The molecule has 3 N–H and O–H groups in total. The number of hydrogen-bond donors (Lipinski definition) is 3. The van der Waals surface area contributed by atoms with Gasteiger partial charge in [-0.15, -0.1) is 0 Å². The van der Waals surface area contributed by atoms with E-state index in [1.807, 2.05) is 0 Å². The zero-order chi connectivity index (χ0) is 22.6. The average Bonchev–Trinajstić information content (AvgIpc) is 2.74. The minimum Gasteiger partial charge on any atom is -0.462 e. The lowest BCUT2D eigenvalue weighted by Crippen LogP contribution is -2.34. The van der Waals surface area contributed by atoms with Crippen LogP contribution in [0.25, 0.3) is 0 Å². The summed E-state index contributed by atoms with van der Waals surface area (Å²) in [5.41, 5.74) is 0. The van der Waals surface area contributed by atoms with Gasteiger partial charge in [0, 0.05) is 0 Å². The number of ketones is 1. The summed E-state index contributed by atoms with van der Waals surface area (Å²) >= 11 is 0. The molecule has 0 saturated carbocycles. The van der Waals surface area contributed by atoms with Gasteiger partial charge in [0.05, 0.1) is 6.61 Å². The highest BCUT2D eigenvalue weighted by atomic mass is 16.5. The predicted molar refractivity (Wildman–Crippen MR) is 119 cm³/mol. The van der Waals surface area contributed by atoms with Crippen molar-refractivity contribution in [1.82, 2.24) is 0 Å². The molecule has 6 nitrogen and oxygen atoms in total. The van der Waals surface area contributed by atoms with Crippen LogP contribution in [0.15, 0.2) is 0 Å². The van der Waals surface area contributed by atoms with Crippen LogP contribution in [0.1, 0.15) is 110 Å². The first-order valence-corrected chi connectivity index (χ1v) is 12.1. The van der Waals surface area contributed by atoms with Crippen LogP contribution in [0.4, 0.5) is 0 Å². The van der Waals surface area contributed by atoms with E-state index in [9.17, 15) is 19.8 Å². The number of hydrogen-bond acceptors (Lipinski definition) is 6. The number of carbonyl (C=O) groups is 2. The molecule has 0 rings (SSSR count). The van der Waals surface area contributed by atoms with Crippen LogP contribution in [-0.2, 0) is 14.3 Å². The van der Waals surface area contributed by atoms with Crippen molar-refractivity contribution < 1.29 is 29.6 Å². The van der Waals surface area contributed by atoms with Gasteiger partial charge in [-0.25, -0.2) is 0 Å². The maximum atomic E-state index is 12.1. The van der Waals surface area contributed by atoms with Crippen molar-refractivity contribution in [3.05, 3.63) is 0 Å². The van der Waals surface area contributed by atoms with Crippen molar-refractivity contribution in [1.29, 1.82) is 0 Å². The number of carbonyl (C=O) groups excluding carboxylic acids is 2. The van der Waals surface area contributed by atoms with Crippen molar-refractivity contribution in [2.75, 3.05) is 13.2 Å². The molecule has 0 aliphatic heterocycles. The standard InChI is InChI=1S/C24H46O6/c1-3-4-5-6-7-8-9-10-11-12-13-14-15-16-17-22(23(28)20(2)26)24(29)30-19-21(27)18-25/h20-22,25-27H,3-19H2,1-2H3. The number of rotatable bonds is 21. The molecule has 0 amide bonds. The minimum absolute atomic E-state index is 0.343. The first-order valence-electron chi connectivity index (χ1n) is 12.1. The molecule has 0 aromatic heterocycles. The normalized spacial score (nSPS) is 14.3. The van der Waals surface area contributed by atoms with Crippen molar-refractivity contribution in [3.63, 3.8) is 0 Å². The van der Waals surface area contributed by atoms with Gasteiger partial charge in [-0.1, -0.05) is 96.8 Å². The fraction of sp³-hybridized carbons (Fsp3) is 0.917. The minimum atomic E-state index is -1.23. The summed E-state index contributed by atoms with van der Waals surface area (Å²) in [5, 5.41) is 27.6. The molecule has 0 aromatic rings. The number of aliphatic hydroxyl groups is 3. The van der Waals surface area contributed by atoms with Crippen LogP contribution >= 0.6 is 0 Å². The van der Waals surface area contributed by atoms with Crippen LogP contribution in [0.2, 0.25) is 0 Å². The highest BCUT2D eigenvalue weighted by Crippen LogP contribution is 2.18. The SMILES string of the molecule is CCCCCCCCCCCCCCCCC(C(=O)OCC(O)CO)C(=O)C(C)O. The molecule has 178 valence electrons. The molecule has 0 aromatic carbocycles. The van der Waals surface area contributed by atoms with E-state index < -0.39 is 36.5 Å². The molecule has 3 unspecified atom stereocenters. The van der Waals surface area contributed by atoms with E-state index in [0.717, 1.165) is 19.3 Å². The molecule has 0 radical (unpaired) electrons. The summed E-state index contributed by atoms with van der Waals surface area (Å²) < 4.78 is 4.92. The second-order valence-corrected chi connectivity index (χ2v) is 8.48. The number of ether oxygens (including phenoxy) is 1. The summed E-state index contributed by atoms with van der Waals surface area (Å²) in [4.78, 5) is 24.2. The third-order valence-corrected chi connectivity index (χ3v) is 5.51. The van der Waals surface area contributed by atoms with Crippen molar-refractivity contribution in [3.8, 4) is 0 Å². The highest BCUT2D eigenvalue weighted by molar-refractivity contribution is 6.00. The Kier molecular flexibility index (Phi) is 19.3. The Hall–Kier alpha value is -0.980. The quantitative estimate of drug-likeness (QED) is 0.142. The Balaban J connectivity index is 3.83. The van der Waals surface area contributed by atoms with Gasteiger partial charge in [-0.3, -0.25) is 9.59 Å². The van der Waals surface area contributed by atoms with E-state index in [2.05, 4.69) is 6.92 Å². The summed E-state index contributed by atoms with van der Waals surface area (Å²) in [6.07, 6.45) is 15.2. The maximum absolute atomic E-state index is 12.1. The Labute approximate surface area is 183 Å². The summed E-state index contributed by atoms with van der Waals surface area (Å²) in [7, 11) is 0. The molecule has 0 aliphatic carbocycles. The summed E-state index contributed by atoms with van der Waals surface area (Å²) in [6, 6.07) is 0. The van der Waals surface area contributed by atoms with Gasteiger partial charge in [0.15, 0.2) is 5.78 Å². The van der Waals surface area contributed by atoms with Crippen LogP contribution in [0.3, 0.4) is 0 Å². The second kappa shape index (κ2) is 20.0. The second-order valence-electron chi connectivity index (χ2n) is 8.48. The molecule has 30 heavy (non-hydrogen) atoms. The molecule has 0 heterocycles. The van der Waals surface area contributed by atoms with Gasteiger partial charge in [-0.05, 0) is 13.3 Å². The zero-order valence-electron chi connectivity index (χ0n) is 19.3. The van der Waals surface area contributed by atoms with Gasteiger partial charge >= 0.3 is 5.97 Å². The first-order chi connectivity index (χ1) is 14.4. The largest absolute Gasteiger partial charge is 0.462 e. The van der Waals surface area contributed by atoms with Crippen molar-refractivity contribution in [2.45, 2.75) is 122 Å². The van der Waals surface area contributed by atoms with Crippen LogP contribution in [0, 0.1) is 5.92 Å². The fourth-order valence-corrected chi connectivity index (χ4v) is 3.54. The zero-order valence-corrected chi connectivity index (χ0v) is 19.3. The van der Waals surface area contributed by atoms with E-state index in [1.165, 1.54) is 77.6 Å². The first kappa shape index (κ1) is 29.0. The number of esters is 1. The van der Waals surface area contributed by atoms with Crippen LogP contribution in [0.5, 0.6) is 0 Å². The number of unbranched alkanes of at least 4 members (excludes halogenated alkanes) is 13. The molecule has 3 atom stereocenters. The van der Waals surface area contributed by atoms with Crippen molar-refractivity contribution in [2.24, 2.45) is 5.92 Å². The molecule has 0 saturated heterocycles. The van der Waals surface area contributed by atoms with Gasteiger partial charge in [0.2, 0.25) is 0 Å². The van der Waals surface area contributed by atoms with E-state index in [-0.39, 0.29) is 6.61 Å². The number of Topliss-reactive ketones (excluding diaryl/α,β-unsaturated/α-hetero) is 1. The molecular formula is C24H46O6. The molecular weight excluding hydrogens is 384 g/mol. The highest BCUT2D eigenvalue weighted by Gasteiger charge is 2.30. The summed E-state index contributed by atoms with van der Waals surface area (Å²) in [5.74, 6) is -2.29. The Morgan fingerprint density at radius 3 is 1.60 bits per heavy atom. The number of aliphatic hydroxyl groups excluding tert-OH is 3. The smallest absolute Gasteiger partial charge is 0.316 e. The van der Waals surface area contributed by atoms with E-state index in [0.29, 0.717) is 6.42 Å². The topological polar surface area (TPSA) is 104 Å². The Morgan fingerprint density at radius 1 is 0.767 bits per heavy atom. The van der Waals surface area contributed by atoms with Gasteiger partial charge in [0.25, 0.3) is 0 Å². The van der Waals surface area contributed by atoms with Crippen molar-refractivity contribution >= 4 is 11.8 Å². The Bertz CT molecular complexity index is 424. The van der Waals surface area contributed by atoms with E-state index in [4.69, 9.17) is 9.84 Å². The fourth-order valence-electron chi connectivity index (χ4n) is 3.54. The van der Waals surface area contributed by atoms with Gasteiger partial charge in [0.1, 0.15) is 24.7 Å². The van der Waals surface area contributed by atoms with E-state index >= 15 is 0 Å². The monoisotopic (exact) mass is 430 g/mol. The van der Waals surface area contributed by atoms with Gasteiger partial charge in [-0.2, -0.15) is 0 Å². The lowest BCUT2D eigenvalue weighted by atomic mass is 9.93. The maximum Gasteiger partial charge on any atom is 0.316 e. The lowest BCUT2D eigenvalue weighted by Gasteiger charge is -2.17. The molecule has 0 spiro atoms. The third-order valence-electron chi connectivity index (χ3n) is 5.51. The van der Waals surface area contributed by atoms with Crippen LogP contribution in [-0.4, -0.2) is 52.5 Å². The van der Waals surface area contributed by atoms with Gasteiger partial charge < -0.3 is 20.1 Å². The predicted octanol–water partition coefficient (Wildman–Crippen LogP) is 4.32. The molecule has 6 heteroatoms. The average molecular weight is 431 g/mol. The van der Waals surface area contributed by atoms with E-state index in [1.54, 1.807) is 0 Å². The molecule has 0 fully saturated rings. The molecule has 0 aliphatic rings. The third kappa shape index (κ3) is 15.8. The molecule has 0 bridgehead atoms.